The van der Waals surface area contributed by atoms with E-state index in [4.69, 9.17) is 16.3 Å². The van der Waals surface area contributed by atoms with Crippen molar-refractivity contribution in [3.8, 4) is 0 Å². The maximum atomic E-state index is 11.2. The van der Waals surface area contributed by atoms with Gasteiger partial charge in [0.2, 0.25) is 0 Å². The molecule has 0 aromatic carbocycles. The van der Waals surface area contributed by atoms with Gasteiger partial charge in [0.25, 0.3) is 0 Å². The summed E-state index contributed by atoms with van der Waals surface area (Å²) >= 11 is 5.39. The van der Waals surface area contributed by atoms with Gasteiger partial charge in [-0.25, -0.2) is 4.79 Å². The molecule has 1 heterocycles. The van der Waals surface area contributed by atoms with Crippen molar-refractivity contribution in [1.29, 1.82) is 0 Å². The highest BCUT2D eigenvalue weighted by molar-refractivity contribution is 6.18. The van der Waals surface area contributed by atoms with E-state index < -0.39 is 0 Å². The molecular weight excluding hydrogens is 178 g/mol. The molecule has 2 aliphatic rings. The molecule has 12 heavy (non-hydrogen) atoms. The Hall–Kier alpha value is -0.440. The van der Waals surface area contributed by atoms with Crippen LogP contribution in [0.5, 0.6) is 0 Å². The fraction of sp³-hybridized carbons (Fsp3) is 0.875. The van der Waals surface area contributed by atoms with Gasteiger partial charge in [0, 0.05) is 13.1 Å². The van der Waals surface area contributed by atoms with Crippen molar-refractivity contribution < 1.29 is 9.53 Å². The van der Waals surface area contributed by atoms with Crippen molar-refractivity contribution in [1.82, 2.24) is 4.90 Å². The predicted molar refractivity (Wildman–Crippen MR) is 45.2 cm³/mol. The molecule has 0 spiro atoms. The van der Waals surface area contributed by atoms with E-state index in [1.165, 1.54) is 6.42 Å². The molecule has 0 bridgehead atoms. The summed E-state index contributed by atoms with van der Waals surface area (Å²) in [5.74, 6) is 1.92. The van der Waals surface area contributed by atoms with Gasteiger partial charge >= 0.3 is 6.09 Å². The number of alkyl halides is 1. The van der Waals surface area contributed by atoms with Gasteiger partial charge in [0.05, 0.1) is 5.88 Å². The number of hydrogen-bond acceptors (Lipinski definition) is 2. The largest absolute Gasteiger partial charge is 0.448 e. The van der Waals surface area contributed by atoms with Crippen molar-refractivity contribution in [2.75, 3.05) is 25.6 Å². The summed E-state index contributed by atoms with van der Waals surface area (Å²) < 4.78 is 4.90. The SMILES string of the molecule is O=C(OCCCl)N1CC2CC2C1. The number of rotatable bonds is 2. The Kier molecular flexibility index (Phi) is 2.13. The molecule has 1 aliphatic carbocycles. The third-order valence-corrected chi connectivity index (χ3v) is 2.69. The van der Waals surface area contributed by atoms with Gasteiger partial charge < -0.3 is 9.64 Å². The molecule has 1 saturated heterocycles. The number of ether oxygens (including phenoxy) is 1. The average Bonchev–Trinajstić information content (AvgIpc) is 2.69. The van der Waals surface area contributed by atoms with Gasteiger partial charge in [-0.1, -0.05) is 0 Å². The molecule has 68 valence electrons. The van der Waals surface area contributed by atoms with E-state index in [-0.39, 0.29) is 6.09 Å². The van der Waals surface area contributed by atoms with Crippen LogP contribution in [0.3, 0.4) is 0 Å². The van der Waals surface area contributed by atoms with Crippen LogP contribution in [0, 0.1) is 11.8 Å². The van der Waals surface area contributed by atoms with Crippen molar-refractivity contribution in [3.63, 3.8) is 0 Å². The summed E-state index contributed by atoms with van der Waals surface area (Å²) in [7, 11) is 0. The van der Waals surface area contributed by atoms with Crippen molar-refractivity contribution in [2.24, 2.45) is 11.8 Å². The van der Waals surface area contributed by atoms with E-state index in [0.717, 1.165) is 24.9 Å². The van der Waals surface area contributed by atoms with Gasteiger partial charge in [-0.05, 0) is 18.3 Å². The summed E-state index contributed by atoms with van der Waals surface area (Å²) in [6, 6.07) is 0. The Bertz CT molecular complexity index is 187. The van der Waals surface area contributed by atoms with Crippen molar-refractivity contribution in [3.05, 3.63) is 0 Å². The van der Waals surface area contributed by atoms with E-state index in [1.807, 2.05) is 0 Å². The van der Waals surface area contributed by atoms with E-state index >= 15 is 0 Å². The Morgan fingerprint density at radius 2 is 2.17 bits per heavy atom. The second-order valence-electron chi connectivity index (χ2n) is 3.46. The molecule has 1 amide bonds. The maximum absolute atomic E-state index is 11.2. The molecule has 0 radical (unpaired) electrons. The fourth-order valence-electron chi connectivity index (χ4n) is 1.76. The van der Waals surface area contributed by atoms with Crippen LogP contribution in [-0.2, 0) is 4.74 Å². The second-order valence-corrected chi connectivity index (χ2v) is 3.84. The number of likely N-dealkylation sites (tertiary alicyclic amines) is 1. The van der Waals surface area contributed by atoms with Crippen LogP contribution in [0.15, 0.2) is 0 Å². The lowest BCUT2D eigenvalue weighted by atomic mass is 10.4. The Labute approximate surface area is 76.6 Å². The lowest BCUT2D eigenvalue weighted by Gasteiger charge is -2.16. The molecule has 2 fully saturated rings. The van der Waals surface area contributed by atoms with Gasteiger partial charge in [-0.15, -0.1) is 11.6 Å². The lowest BCUT2D eigenvalue weighted by molar-refractivity contribution is 0.112. The van der Waals surface area contributed by atoms with Gasteiger partial charge in [0.15, 0.2) is 0 Å². The molecule has 2 rings (SSSR count). The molecule has 3 nitrogen and oxygen atoms in total. The minimum Gasteiger partial charge on any atom is -0.448 e. The van der Waals surface area contributed by atoms with Crippen LogP contribution in [0.4, 0.5) is 4.79 Å². The number of halogens is 1. The van der Waals surface area contributed by atoms with Crippen LogP contribution >= 0.6 is 11.6 Å². The number of carbonyl (C=O) groups is 1. The molecule has 0 aromatic rings. The number of nitrogens with zero attached hydrogens (tertiary/aromatic N) is 1. The summed E-state index contributed by atoms with van der Waals surface area (Å²) in [4.78, 5) is 13.0. The van der Waals surface area contributed by atoms with E-state index in [1.54, 1.807) is 4.90 Å². The summed E-state index contributed by atoms with van der Waals surface area (Å²) in [5.41, 5.74) is 0. The third-order valence-electron chi connectivity index (χ3n) is 2.54. The summed E-state index contributed by atoms with van der Waals surface area (Å²) in [6.45, 7) is 2.11. The highest BCUT2D eigenvalue weighted by atomic mass is 35.5. The smallest absolute Gasteiger partial charge is 0.409 e. The normalized spacial score (nSPS) is 31.6. The fourth-order valence-corrected chi connectivity index (χ4v) is 1.84. The zero-order chi connectivity index (χ0) is 8.55. The Morgan fingerprint density at radius 3 is 2.75 bits per heavy atom. The molecule has 1 aliphatic heterocycles. The Balaban J connectivity index is 1.73. The lowest BCUT2D eigenvalue weighted by Crippen LogP contribution is -2.31. The first-order valence-corrected chi connectivity index (χ1v) is 4.82. The van der Waals surface area contributed by atoms with Gasteiger partial charge in [0.1, 0.15) is 6.61 Å². The van der Waals surface area contributed by atoms with Crippen molar-refractivity contribution >= 4 is 17.7 Å². The van der Waals surface area contributed by atoms with Crippen molar-refractivity contribution in [2.45, 2.75) is 6.42 Å². The quantitative estimate of drug-likeness (QED) is 0.614. The van der Waals surface area contributed by atoms with Gasteiger partial charge in [-0.2, -0.15) is 0 Å². The number of hydrogen-bond donors (Lipinski definition) is 0. The first-order valence-electron chi connectivity index (χ1n) is 4.29. The molecule has 4 heteroatoms. The molecule has 1 saturated carbocycles. The van der Waals surface area contributed by atoms with E-state index in [2.05, 4.69) is 0 Å². The topological polar surface area (TPSA) is 29.5 Å². The number of carbonyl (C=O) groups excluding carboxylic acids is 1. The monoisotopic (exact) mass is 189 g/mol. The van der Waals surface area contributed by atoms with E-state index in [0.29, 0.717) is 12.5 Å². The minimum atomic E-state index is -0.192. The zero-order valence-electron chi connectivity index (χ0n) is 6.83. The number of piperidine rings is 1. The van der Waals surface area contributed by atoms with Crippen LogP contribution in [0.25, 0.3) is 0 Å². The molecular formula is C8H12ClNO2. The highest BCUT2D eigenvalue weighted by Gasteiger charge is 2.46. The Morgan fingerprint density at radius 1 is 1.50 bits per heavy atom. The first kappa shape index (κ1) is 8.17. The summed E-state index contributed by atoms with van der Waals surface area (Å²) in [5, 5.41) is 0. The first-order chi connectivity index (χ1) is 5.81. The predicted octanol–water partition coefficient (Wildman–Crippen LogP) is 1.31. The number of fused-ring (bicyclic) bond motifs is 1. The third kappa shape index (κ3) is 1.51. The van der Waals surface area contributed by atoms with Gasteiger partial charge in [-0.3, -0.25) is 0 Å². The molecule has 0 N–H and O–H groups in total. The zero-order valence-corrected chi connectivity index (χ0v) is 7.59. The standard InChI is InChI=1S/C8H12ClNO2/c9-1-2-12-8(11)10-4-6-3-7(6)5-10/h6-7H,1-5H2. The minimum absolute atomic E-state index is 0.192. The highest BCUT2D eigenvalue weighted by Crippen LogP contribution is 2.44. The molecule has 2 unspecified atom stereocenters. The van der Waals surface area contributed by atoms with E-state index in [9.17, 15) is 4.79 Å². The van der Waals surface area contributed by atoms with Crippen LogP contribution < -0.4 is 0 Å². The summed E-state index contributed by atoms with van der Waals surface area (Å²) in [6.07, 6.45) is 1.11. The second kappa shape index (κ2) is 3.13. The van der Waals surface area contributed by atoms with Crippen LogP contribution in [-0.4, -0.2) is 36.6 Å². The average molecular weight is 190 g/mol. The van der Waals surface area contributed by atoms with Crippen LogP contribution in [0.2, 0.25) is 0 Å². The molecule has 0 aromatic heterocycles. The maximum Gasteiger partial charge on any atom is 0.409 e. The van der Waals surface area contributed by atoms with Crippen LogP contribution in [0.1, 0.15) is 6.42 Å². The number of amides is 1. The molecule has 2 atom stereocenters.